The molecule has 1 aromatic carbocycles. The summed E-state index contributed by atoms with van der Waals surface area (Å²) in [6.07, 6.45) is 0. The number of carbonyl (C=O) groups is 1. The highest BCUT2D eigenvalue weighted by Gasteiger charge is 2.41. The molecule has 1 fully saturated rings. The second-order valence-electron chi connectivity index (χ2n) is 4.13. The van der Waals surface area contributed by atoms with Crippen molar-refractivity contribution in [2.75, 3.05) is 18.1 Å². The summed E-state index contributed by atoms with van der Waals surface area (Å²) in [7, 11) is 0. The molecule has 4 heteroatoms. The Morgan fingerprint density at radius 2 is 2.13 bits per heavy atom. The zero-order valence-electron chi connectivity index (χ0n) is 8.73. The third-order valence-corrected chi connectivity index (χ3v) is 2.81. The van der Waals surface area contributed by atoms with Crippen molar-refractivity contribution in [2.24, 2.45) is 11.1 Å². The summed E-state index contributed by atoms with van der Waals surface area (Å²) in [5.41, 5.74) is 8.95. The highest BCUT2D eigenvalue weighted by Crippen LogP contribution is 2.26. The maximum absolute atomic E-state index is 11.7. The molecule has 0 bridgehead atoms. The Labute approximate surface area is 89.0 Å². The normalized spacial score (nSPS) is 25.5. The van der Waals surface area contributed by atoms with Gasteiger partial charge in [-0.25, -0.2) is 0 Å². The van der Waals surface area contributed by atoms with Crippen molar-refractivity contribution < 1.29 is 4.79 Å². The Hall–Kier alpha value is -1.55. The Bertz CT molecular complexity index is 365. The van der Waals surface area contributed by atoms with Crippen molar-refractivity contribution in [3.05, 3.63) is 30.3 Å². The number of para-hydroxylation sites is 1. The van der Waals surface area contributed by atoms with Gasteiger partial charge in [0.15, 0.2) is 0 Å². The van der Waals surface area contributed by atoms with E-state index in [9.17, 15) is 4.79 Å². The van der Waals surface area contributed by atoms with Gasteiger partial charge in [0.05, 0.1) is 17.6 Å². The van der Waals surface area contributed by atoms with Gasteiger partial charge >= 0.3 is 0 Å². The second kappa shape index (κ2) is 3.55. The maximum atomic E-state index is 11.7. The Morgan fingerprint density at radius 1 is 1.47 bits per heavy atom. The molecular weight excluding hydrogens is 190 g/mol. The van der Waals surface area contributed by atoms with Crippen molar-refractivity contribution in [2.45, 2.75) is 6.92 Å². The van der Waals surface area contributed by atoms with E-state index in [2.05, 4.69) is 5.43 Å². The smallest absolute Gasteiger partial charge is 0.247 e. The molecule has 80 valence electrons. The molecule has 1 aliphatic heterocycles. The highest BCUT2D eigenvalue weighted by molar-refractivity contribution is 5.87. The minimum atomic E-state index is -0.476. The molecule has 1 saturated heterocycles. The van der Waals surface area contributed by atoms with Crippen LogP contribution in [-0.4, -0.2) is 19.0 Å². The predicted octanol–water partition coefficient (Wildman–Crippen LogP) is 0.503. The number of hydrogen-bond acceptors (Lipinski definition) is 3. The average molecular weight is 205 g/mol. The number of rotatable bonds is 2. The molecule has 1 aliphatic rings. The van der Waals surface area contributed by atoms with Crippen molar-refractivity contribution in [1.82, 2.24) is 5.43 Å². The fourth-order valence-electron chi connectivity index (χ4n) is 1.64. The van der Waals surface area contributed by atoms with E-state index >= 15 is 0 Å². The molecule has 1 heterocycles. The van der Waals surface area contributed by atoms with Crippen LogP contribution >= 0.6 is 0 Å². The van der Waals surface area contributed by atoms with E-state index in [0.717, 1.165) is 5.69 Å². The quantitative estimate of drug-likeness (QED) is 0.739. The first kappa shape index (κ1) is 9.98. The van der Waals surface area contributed by atoms with E-state index in [1.54, 1.807) is 0 Å². The molecule has 1 unspecified atom stereocenters. The molecule has 2 rings (SSSR count). The van der Waals surface area contributed by atoms with Crippen LogP contribution in [0.5, 0.6) is 0 Å². The Kier molecular flexibility index (Phi) is 2.36. The van der Waals surface area contributed by atoms with Gasteiger partial charge in [-0.15, -0.1) is 0 Å². The zero-order chi connectivity index (χ0) is 10.9. The van der Waals surface area contributed by atoms with Gasteiger partial charge < -0.3 is 5.73 Å². The van der Waals surface area contributed by atoms with Crippen LogP contribution in [0, 0.1) is 5.41 Å². The highest BCUT2D eigenvalue weighted by atomic mass is 16.2. The van der Waals surface area contributed by atoms with E-state index < -0.39 is 5.41 Å². The SMILES string of the molecule is CC1(CN)CN(c2ccccc2)NC1=O. The van der Waals surface area contributed by atoms with E-state index in [0.29, 0.717) is 13.1 Å². The van der Waals surface area contributed by atoms with Crippen molar-refractivity contribution >= 4 is 11.6 Å². The summed E-state index contributed by atoms with van der Waals surface area (Å²) in [6.45, 7) is 2.86. The van der Waals surface area contributed by atoms with Gasteiger partial charge in [0, 0.05) is 6.54 Å². The molecule has 15 heavy (non-hydrogen) atoms. The molecule has 1 aromatic rings. The number of carbonyl (C=O) groups excluding carboxylic acids is 1. The first-order valence-corrected chi connectivity index (χ1v) is 4.99. The molecule has 0 spiro atoms. The molecule has 1 amide bonds. The number of hydrazine groups is 1. The average Bonchev–Trinajstić information content (AvgIpc) is 2.58. The van der Waals surface area contributed by atoms with Crippen LogP contribution in [0.1, 0.15) is 6.92 Å². The largest absolute Gasteiger partial charge is 0.329 e. The minimum absolute atomic E-state index is 0.00569. The number of nitrogens with zero attached hydrogens (tertiary/aromatic N) is 1. The summed E-state index contributed by atoms with van der Waals surface area (Å²) in [5.74, 6) is -0.00569. The van der Waals surface area contributed by atoms with Gasteiger partial charge in [0.25, 0.3) is 0 Å². The topological polar surface area (TPSA) is 58.4 Å². The number of amides is 1. The fraction of sp³-hybridized carbons (Fsp3) is 0.364. The van der Waals surface area contributed by atoms with Gasteiger partial charge in [-0.1, -0.05) is 18.2 Å². The van der Waals surface area contributed by atoms with Crippen LogP contribution in [0.4, 0.5) is 5.69 Å². The lowest BCUT2D eigenvalue weighted by molar-refractivity contribution is -0.126. The maximum Gasteiger partial charge on any atom is 0.247 e. The molecule has 3 N–H and O–H groups in total. The number of hydrogen-bond donors (Lipinski definition) is 2. The monoisotopic (exact) mass is 205 g/mol. The molecule has 0 radical (unpaired) electrons. The minimum Gasteiger partial charge on any atom is -0.329 e. The molecule has 0 aliphatic carbocycles. The van der Waals surface area contributed by atoms with Gasteiger partial charge in [0.2, 0.25) is 5.91 Å². The van der Waals surface area contributed by atoms with Crippen LogP contribution in [0.15, 0.2) is 30.3 Å². The van der Waals surface area contributed by atoms with Crippen LogP contribution in [0.3, 0.4) is 0 Å². The molecule has 0 saturated carbocycles. The van der Waals surface area contributed by atoms with Gasteiger partial charge in [-0.3, -0.25) is 15.2 Å². The molecule has 4 nitrogen and oxygen atoms in total. The molecule has 1 atom stereocenters. The summed E-state index contributed by atoms with van der Waals surface area (Å²) in [6, 6.07) is 9.76. The van der Waals surface area contributed by atoms with Crippen molar-refractivity contribution in [3.8, 4) is 0 Å². The lowest BCUT2D eigenvalue weighted by atomic mass is 9.91. The fourth-order valence-corrected chi connectivity index (χ4v) is 1.64. The van der Waals surface area contributed by atoms with Gasteiger partial charge in [-0.2, -0.15) is 0 Å². The zero-order valence-corrected chi connectivity index (χ0v) is 8.73. The van der Waals surface area contributed by atoms with Crippen molar-refractivity contribution in [3.63, 3.8) is 0 Å². The predicted molar refractivity (Wildman–Crippen MR) is 59.1 cm³/mol. The number of nitrogens with one attached hydrogen (secondary N) is 1. The lowest BCUT2D eigenvalue weighted by Gasteiger charge is -2.19. The van der Waals surface area contributed by atoms with Crippen molar-refractivity contribution in [1.29, 1.82) is 0 Å². The summed E-state index contributed by atoms with van der Waals surface area (Å²) in [5, 5.41) is 1.84. The van der Waals surface area contributed by atoms with E-state index in [1.165, 1.54) is 0 Å². The van der Waals surface area contributed by atoms with Gasteiger partial charge in [-0.05, 0) is 19.1 Å². The molecular formula is C11H15N3O. The summed E-state index contributed by atoms with van der Waals surface area (Å²) < 4.78 is 0. The first-order valence-electron chi connectivity index (χ1n) is 4.99. The second-order valence-corrected chi connectivity index (χ2v) is 4.13. The number of anilines is 1. The third kappa shape index (κ3) is 1.68. The number of nitrogens with two attached hydrogens (primary N) is 1. The lowest BCUT2D eigenvalue weighted by Crippen LogP contribution is -2.36. The van der Waals surface area contributed by atoms with Crippen LogP contribution in [0.25, 0.3) is 0 Å². The number of benzene rings is 1. The summed E-state index contributed by atoms with van der Waals surface area (Å²) in [4.78, 5) is 11.7. The standard InChI is InChI=1S/C11H15N3O/c1-11(7-12)8-14(13-10(11)15)9-5-3-2-4-6-9/h2-6H,7-8,12H2,1H3,(H,13,15). The Balaban J connectivity index is 2.20. The summed E-state index contributed by atoms with van der Waals surface area (Å²) >= 11 is 0. The van der Waals surface area contributed by atoms with Gasteiger partial charge in [0.1, 0.15) is 0 Å². The van der Waals surface area contributed by atoms with E-state index in [-0.39, 0.29) is 5.91 Å². The Morgan fingerprint density at radius 3 is 2.67 bits per heavy atom. The van der Waals surface area contributed by atoms with E-state index in [4.69, 9.17) is 5.73 Å². The van der Waals surface area contributed by atoms with E-state index in [1.807, 2.05) is 42.3 Å². The third-order valence-electron chi connectivity index (χ3n) is 2.81. The van der Waals surface area contributed by atoms with Crippen LogP contribution in [0.2, 0.25) is 0 Å². The molecule has 0 aromatic heterocycles. The van der Waals surface area contributed by atoms with Crippen LogP contribution < -0.4 is 16.2 Å². The first-order chi connectivity index (χ1) is 7.15. The van der Waals surface area contributed by atoms with Crippen LogP contribution in [-0.2, 0) is 4.79 Å².